The summed E-state index contributed by atoms with van der Waals surface area (Å²) in [6, 6.07) is 1.68. The van der Waals surface area contributed by atoms with Crippen LogP contribution in [0, 0.1) is 12.8 Å². The summed E-state index contributed by atoms with van der Waals surface area (Å²) >= 11 is 0. The van der Waals surface area contributed by atoms with Crippen LogP contribution in [0.1, 0.15) is 39.2 Å². The quantitative estimate of drug-likeness (QED) is 0.891. The van der Waals surface area contributed by atoms with Crippen LogP contribution < -0.4 is 5.32 Å². The SMILES string of the molecule is Cc1nccc(CNC(=O)[C@H](C(C)C)N2C[C@@H](C)O[C@H](C)C2)n1. The number of amides is 1. The number of hydrogen-bond donors (Lipinski definition) is 1. The maximum absolute atomic E-state index is 12.7. The monoisotopic (exact) mass is 320 g/mol. The number of aromatic nitrogens is 2. The second-order valence-corrected chi connectivity index (χ2v) is 6.71. The molecule has 1 amide bonds. The predicted molar refractivity (Wildman–Crippen MR) is 88.8 cm³/mol. The molecule has 1 aliphatic heterocycles. The van der Waals surface area contributed by atoms with Crippen molar-refractivity contribution in [1.29, 1.82) is 0 Å². The molecule has 0 aliphatic carbocycles. The fourth-order valence-corrected chi connectivity index (χ4v) is 3.22. The highest BCUT2D eigenvalue weighted by molar-refractivity contribution is 5.82. The first-order chi connectivity index (χ1) is 10.9. The lowest BCUT2D eigenvalue weighted by atomic mass is 9.99. The van der Waals surface area contributed by atoms with Crippen LogP contribution in [0.5, 0.6) is 0 Å². The van der Waals surface area contributed by atoms with Gasteiger partial charge in [-0.1, -0.05) is 13.8 Å². The molecule has 23 heavy (non-hydrogen) atoms. The van der Waals surface area contributed by atoms with E-state index in [1.165, 1.54) is 0 Å². The van der Waals surface area contributed by atoms with Crippen molar-refractivity contribution < 1.29 is 9.53 Å². The molecule has 1 aliphatic rings. The second-order valence-electron chi connectivity index (χ2n) is 6.71. The first-order valence-corrected chi connectivity index (χ1v) is 8.32. The molecule has 6 nitrogen and oxygen atoms in total. The zero-order chi connectivity index (χ0) is 17.0. The van der Waals surface area contributed by atoms with E-state index in [2.05, 4.69) is 47.9 Å². The van der Waals surface area contributed by atoms with Crippen molar-refractivity contribution in [3.63, 3.8) is 0 Å². The Kier molecular flexibility index (Phi) is 6.07. The molecule has 6 heteroatoms. The molecule has 128 valence electrons. The lowest BCUT2D eigenvalue weighted by Gasteiger charge is -2.41. The van der Waals surface area contributed by atoms with Gasteiger partial charge in [0.2, 0.25) is 5.91 Å². The summed E-state index contributed by atoms with van der Waals surface area (Å²) in [5, 5.41) is 3.02. The van der Waals surface area contributed by atoms with Crippen molar-refractivity contribution in [1.82, 2.24) is 20.2 Å². The van der Waals surface area contributed by atoms with Gasteiger partial charge in [-0.3, -0.25) is 9.69 Å². The van der Waals surface area contributed by atoms with Crippen molar-refractivity contribution in [3.8, 4) is 0 Å². The number of carbonyl (C=O) groups is 1. The van der Waals surface area contributed by atoms with E-state index in [0.717, 1.165) is 18.8 Å². The highest BCUT2D eigenvalue weighted by Gasteiger charge is 2.33. The fraction of sp³-hybridized carbons (Fsp3) is 0.706. The van der Waals surface area contributed by atoms with Gasteiger partial charge in [0.05, 0.1) is 30.5 Å². The van der Waals surface area contributed by atoms with Gasteiger partial charge in [-0.05, 0) is 32.8 Å². The second kappa shape index (κ2) is 7.84. The van der Waals surface area contributed by atoms with Gasteiger partial charge < -0.3 is 10.1 Å². The Balaban J connectivity index is 2.01. The molecular formula is C17H28N4O2. The maximum atomic E-state index is 12.7. The van der Waals surface area contributed by atoms with Crippen LogP contribution in [0.15, 0.2) is 12.3 Å². The normalized spacial score (nSPS) is 23.7. The lowest BCUT2D eigenvalue weighted by molar-refractivity contribution is -0.135. The largest absolute Gasteiger partial charge is 0.373 e. The number of morpholine rings is 1. The molecule has 3 atom stereocenters. The molecule has 0 bridgehead atoms. The number of carbonyl (C=O) groups excluding carboxylic acids is 1. The van der Waals surface area contributed by atoms with Gasteiger partial charge in [-0.15, -0.1) is 0 Å². The van der Waals surface area contributed by atoms with E-state index >= 15 is 0 Å². The first-order valence-electron chi connectivity index (χ1n) is 8.32. The third-order valence-electron chi connectivity index (χ3n) is 4.02. The van der Waals surface area contributed by atoms with Crippen molar-refractivity contribution >= 4 is 5.91 Å². The number of nitrogens with one attached hydrogen (secondary N) is 1. The molecule has 0 radical (unpaired) electrons. The Labute approximate surface area is 138 Å². The Morgan fingerprint density at radius 2 is 2.04 bits per heavy atom. The highest BCUT2D eigenvalue weighted by Crippen LogP contribution is 2.18. The number of aryl methyl sites for hydroxylation is 1. The van der Waals surface area contributed by atoms with Gasteiger partial charge in [0.1, 0.15) is 5.82 Å². The van der Waals surface area contributed by atoms with Crippen LogP contribution in [0.4, 0.5) is 0 Å². The molecule has 1 aromatic heterocycles. The van der Waals surface area contributed by atoms with Gasteiger partial charge in [0.25, 0.3) is 0 Å². The average molecular weight is 320 g/mol. The van der Waals surface area contributed by atoms with E-state index < -0.39 is 0 Å². The van der Waals surface area contributed by atoms with E-state index in [0.29, 0.717) is 12.4 Å². The van der Waals surface area contributed by atoms with Crippen LogP contribution in [0.3, 0.4) is 0 Å². The number of hydrogen-bond acceptors (Lipinski definition) is 5. The lowest BCUT2D eigenvalue weighted by Crippen LogP contribution is -2.56. The summed E-state index contributed by atoms with van der Waals surface area (Å²) in [5.74, 6) is 1.00. The summed E-state index contributed by atoms with van der Waals surface area (Å²) in [6.45, 7) is 12.1. The average Bonchev–Trinajstić information content (AvgIpc) is 2.44. The predicted octanol–water partition coefficient (Wildman–Crippen LogP) is 1.54. The minimum Gasteiger partial charge on any atom is -0.373 e. The van der Waals surface area contributed by atoms with Crippen LogP contribution in [-0.4, -0.2) is 52.1 Å². The molecule has 1 fully saturated rings. The van der Waals surface area contributed by atoms with E-state index in [4.69, 9.17) is 4.74 Å². The summed E-state index contributed by atoms with van der Waals surface area (Å²) < 4.78 is 5.78. The zero-order valence-electron chi connectivity index (χ0n) is 14.7. The Morgan fingerprint density at radius 1 is 1.39 bits per heavy atom. The standard InChI is InChI=1S/C17H28N4O2/c1-11(2)16(21-9-12(3)23-13(4)10-21)17(22)19-8-15-6-7-18-14(5)20-15/h6-7,11-13,16H,8-10H2,1-5H3,(H,19,22)/t12-,13-,16+/m1/s1. The van der Waals surface area contributed by atoms with Crippen LogP contribution in [0.25, 0.3) is 0 Å². The Bertz CT molecular complexity index is 525. The molecule has 2 rings (SSSR count). The maximum Gasteiger partial charge on any atom is 0.237 e. The Morgan fingerprint density at radius 3 is 2.61 bits per heavy atom. The van der Waals surface area contributed by atoms with Gasteiger partial charge in [-0.25, -0.2) is 9.97 Å². The molecule has 1 aromatic rings. The van der Waals surface area contributed by atoms with Crippen LogP contribution in [0.2, 0.25) is 0 Å². The summed E-state index contributed by atoms with van der Waals surface area (Å²) in [5.41, 5.74) is 0.831. The van der Waals surface area contributed by atoms with Crippen molar-refractivity contribution in [2.45, 2.75) is 59.4 Å². The van der Waals surface area contributed by atoms with E-state index in [1.54, 1.807) is 6.20 Å². The summed E-state index contributed by atoms with van der Waals surface area (Å²) in [6.07, 6.45) is 2.02. The molecule has 0 unspecified atom stereocenters. The third kappa shape index (κ3) is 4.97. The Hall–Kier alpha value is -1.53. The molecule has 1 saturated heterocycles. The zero-order valence-corrected chi connectivity index (χ0v) is 14.7. The van der Waals surface area contributed by atoms with Gasteiger partial charge in [0.15, 0.2) is 0 Å². The molecule has 1 N–H and O–H groups in total. The minimum atomic E-state index is -0.147. The summed E-state index contributed by atoms with van der Waals surface area (Å²) in [4.78, 5) is 23.4. The van der Waals surface area contributed by atoms with E-state index in [1.807, 2.05) is 13.0 Å². The number of nitrogens with zero attached hydrogens (tertiary/aromatic N) is 3. The van der Waals surface area contributed by atoms with Crippen LogP contribution >= 0.6 is 0 Å². The van der Waals surface area contributed by atoms with Crippen LogP contribution in [-0.2, 0) is 16.1 Å². The first kappa shape index (κ1) is 17.8. The summed E-state index contributed by atoms with van der Waals surface area (Å²) in [7, 11) is 0. The van der Waals surface area contributed by atoms with Crippen molar-refractivity contribution in [2.75, 3.05) is 13.1 Å². The molecular weight excluding hydrogens is 292 g/mol. The fourth-order valence-electron chi connectivity index (χ4n) is 3.22. The van der Waals surface area contributed by atoms with Gasteiger partial charge in [-0.2, -0.15) is 0 Å². The molecule has 0 spiro atoms. The topological polar surface area (TPSA) is 67.4 Å². The highest BCUT2D eigenvalue weighted by atomic mass is 16.5. The minimum absolute atomic E-state index is 0.0533. The smallest absolute Gasteiger partial charge is 0.237 e. The van der Waals surface area contributed by atoms with Gasteiger partial charge in [0, 0.05) is 19.3 Å². The molecule has 0 aromatic carbocycles. The number of ether oxygens (including phenoxy) is 1. The van der Waals surface area contributed by atoms with E-state index in [-0.39, 0.29) is 30.1 Å². The van der Waals surface area contributed by atoms with Crippen molar-refractivity contribution in [2.24, 2.45) is 5.92 Å². The molecule has 2 heterocycles. The van der Waals surface area contributed by atoms with E-state index in [9.17, 15) is 4.79 Å². The number of rotatable bonds is 5. The third-order valence-corrected chi connectivity index (χ3v) is 4.02. The molecule has 0 saturated carbocycles. The van der Waals surface area contributed by atoms with Crippen molar-refractivity contribution in [3.05, 3.63) is 23.8 Å². The van der Waals surface area contributed by atoms with Gasteiger partial charge >= 0.3 is 0 Å².